The summed E-state index contributed by atoms with van der Waals surface area (Å²) in [5.74, 6) is 0.0723. The van der Waals surface area contributed by atoms with Gasteiger partial charge in [0.25, 0.3) is 0 Å². The smallest absolute Gasteiger partial charge is 0.223 e. The van der Waals surface area contributed by atoms with Crippen LogP contribution in [-0.2, 0) is 4.79 Å². The molecule has 0 fully saturated rings. The minimum Gasteiger partial charge on any atom is -0.348 e. The molecule has 1 aromatic rings. The molecule has 98 valence electrons. The predicted octanol–water partition coefficient (Wildman–Crippen LogP) is 3.50. The Morgan fingerprint density at radius 1 is 1.29 bits per heavy atom. The maximum atomic E-state index is 11.5. The molecule has 0 aromatic carbocycles. The third-order valence-electron chi connectivity index (χ3n) is 2.24. The first-order valence-corrected chi connectivity index (χ1v) is 6.24. The number of aryl methyl sites for hydroxylation is 1. The van der Waals surface area contributed by atoms with Crippen molar-refractivity contribution in [1.29, 1.82) is 0 Å². The minimum atomic E-state index is -0.0280. The molecule has 1 aromatic heterocycles. The molecule has 17 heavy (non-hydrogen) atoms. The summed E-state index contributed by atoms with van der Waals surface area (Å²) in [6, 6.07) is 5.80. The summed E-state index contributed by atoms with van der Waals surface area (Å²) in [6.45, 7) is 11.7. The van der Waals surface area contributed by atoms with E-state index < -0.39 is 0 Å². The Bertz CT molecular complexity index is 353. The van der Waals surface area contributed by atoms with Crippen LogP contribution in [0.3, 0.4) is 0 Å². The maximum absolute atomic E-state index is 11.5. The highest BCUT2D eigenvalue weighted by Crippen LogP contribution is 2.10. The van der Waals surface area contributed by atoms with Crippen LogP contribution in [0.1, 0.15) is 53.5 Å². The van der Waals surface area contributed by atoms with Crippen LogP contribution in [0.5, 0.6) is 0 Å². The molecule has 0 saturated carbocycles. The molecule has 0 aliphatic rings. The summed E-state index contributed by atoms with van der Waals surface area (Å²) in [6.07, 6.45) is 0. The van der Waals surface area contributed by atoms with Crippen LogP contribution in [0, 0.1) is 12.8 Å². The fourth-order valence-corrected chi connectivity index (χ4v) is 1.26. The Morgan fingerprint density at radius 2 is 1.88 bits per heavy atom. The Morgan fingerprint density at radius 3 is 2.35 bits per heavy atom. The monoisotopic (exact) mass is 238 g/mol. The summed E-state index contributed by atoms with van der Waals surface area (Å²) >= 11 is 0. The van der Waals surface area contributed by atoms with Gasteiger partial charge in [-0.1, -0.05) is 33.8 Å². The molecular formula is C14H26N2O. The standard InChI is InChI=1S/C12H18N2O.C2H6.H2/c1-8(2)12(15)14-10(4)11-7-5-6-9(3)13-11;1-2;/h5-8,10H,1-4H3,(H,14,15);1-2H3;1H. The number of nitrogens with zero attached hydrogens (tertiary/aromatic N) is 1. The van der Waals surface area contributed by atoms with Gasteiger partial charge >= 0.3 is 0 Å². The van der Waals surface area contributed by atoms with Gasteiger partial charge in [-0.05, 0) is 26.0 Å². The fourth-order valence-electron chi connectivity index (χ4n) is 1.26. The van der Waals surface area contributed by atoms with E-state index in [0.717, 1.165) is 11.4 Å². The zero-order chi connectivity index (χ0) is 13.4. The van der Waals surface area contributed by atoms with Gasteiger partial charge in [-0.3, -0.25) is 9.78 Å². The van der Waals surface area contributed by atoms with Crippen LogP contribution in [0.4, 0.5) is 0 Å². The van der Waals surface area contributed by atoms with Crippen molar-refractivity contribution in [3.63, 3.8) is 0 Å². The third kappa shape index (κ3) is 5.48. The molecule has 1 unspecified atom stereocenters. The average molecular weight is 238 g/mol. The lowest BCUT2D eigenvalue weighted by molar-refractivity contribution is -0.124. The van der Waals surface area contributed by atoms with E-state index in [2.05, 4.69) is 10.3 Å². The first-order chi connectivity index (χ1) is 8.00. The number of pyridine rings is 1. The van der Waals surface area contributed by atoms with E-state index >= 15 is 0 Å². The summed E-state index contributed by atoms with van der Waals surface area (Å²) < 4.78 is 0. The zero-order valence-electron chi connectivity index (χ0n) is 11.7. The largest absolute Gasteiger partial charge is 0.348 e. The van der Waals surface area contributed by atoms with Gasteiger partial charge in [0.05, 0.1) is 11.7 Å². The van der Waals surface area contributed by atoms with E-state index in [1.807, 2.05) is 59.7 Å². The van der Waals surface area contributed by atoms with Gasteiger partial charge in [0.2, 0.25) is 5.91 Å². The summed E-state index contributed by atoms with van der Waals surface area (Å²) in [4.78, 5) is 15.8. The third-order valence-corrected chi connectivity index (χ3v) is 2.24. The highest BCUT2D eigenvalue weighted by atomic mass is 16.1. The molecule has 1 N–H and O–H groups in total. The Hall–Kier alpha value is -1.38. The van der Waals surface area contributed by atoms with Gasteiger partial charge in [0.15, 0.2) is 0 Å². The van der Waals surface area contributed by atoms with E-state index in [1.54, 1.807) is 0 Å². The highest BCUT2D eigenvalue weighted by molar-refractivity contribution is 5.78. The second-order valence-electron chi connectivity index (χ2n) is 4.09. The second-order valence-corrected chi connectivity index (χ2v) is 4.09. The number of amides is 1. The van der Waals surface area contributed by atoms with Crippen molar-refractivity contribution in [2.75, 3.05) is 0 Å². The van der Waals surface area contributed by atoms with Crippen LogP contribution < -0.4 is 5.32 Å². The molecule has 0 bridgehead atoms. The average Bonchev–Trinajstić information content (AvgIpc) is 2.31. The number of hydrogen-bond acceptors (Lipinski definition) is 2. The van der Waals surface area contributed by atoms with Crippen molar-refractivity contribution < 1.29 is 6.22 Å². The van der Waals surface area contributed by atoms with Crippen LogP contribution >= 0.6 is 0 Å². The van der Waals surface area contributed by atoms with Crippen molar-refractivity contribution in [3.05, 3.63) is 29.6 Å². The van der Waals surface area contributed by atoms with Gasteiger partial charge < -0.3 is 5.32 Å². The predicted molar refractivity (Wildman–Crippen MR) is 73.8 cm³/mol. The number of rotatable bonds is 3. The summed E-state index contributed by atoms with van der Waals surface area (Å²) in [5.41, 5.74) is 1.88. The lowest BCUT2D eigenvalue weighted by atomic mass is 10.1. The first kappa shape index (κ1) is 15.6. The van der Waals surface area contributed by atoms with Crippen molar-refractivity contribution in [2.45, 2.75) is 47.6 Å². The Kier molecular flexibility index (Phi) is 7.19. The molecule has 0 aliphatic carbocycles. The molecule has 0 saturated heterocycles. The van der Waals surface area contributed by atoms with E-state index in [-0.39, 0.29) is 19.3 Å². The van der Waals surface area contributed by atoms with Gasteiger partial charge in [-0.25, -0.2) is 0 Å². The number of carbonyl (C=O) groups is 1. The van der Waals surface area contributed by atoms with Crippen LogP contribution in [0.25, 0.3) is 0 Å². The maximum Gasteiger partial charge on any atom is 0.223 e. The van der Waals surface area contributed by atoms with Gasteiger partial charge in [0.1, 0.15) is 0 Å². The number of hydrogen-bond donors (Lipinski definition) is 1. The molecule has 3 nitrogen and oxygen atoms in total. The number of aromatic nitrogens is 1. The molecule has 0 aliphatic heterocycles. The highest BCUT2D eigenvalue weighted by Gasteiger charge is 2.12. The van der Waals surface area contributed by atoms with E-state index in [4.69, 9.17) is 0 Å². The van der Waals surface area contributed by atoms with Crippen LogP contribution in [-0.4, -0.2) is 10.9 Å². The quantitative estimate of drug-likeness (QED) is 0.875. The molecule has 0 radical (unpaired) electrons. The summed E-state index contributed by atoms with van der Waals surface area (Å²) in [7, 11) is 0. The van der Waals surface area contributed by atoms with E-state index in [0.29, 0.717) is 0 Å². The van der Waals surface area contributed by atoms with Crippen molar-refractivity contribution in [1.82, 2.24) is 10.3 Å². The minimum absolute atomic E-state index is 0. The van der Waals surface area contributed by atoms with Crippen LogP contribution in [0.15, 0.2) is 18.2 Å². The SMILES string of the molecule is CC.Cc1cccc(C(C)NC(=O)C(C)C)n1.[HH]. The molecule has 1 atom stereocenters. The topological polar surface area (TPSA) is 42.0 Å². The molecular weight excluding hydrogens is 212 g/mol. The molecule has 1 heterocycles. The van der Waals surface area contributed by atoms with Gasteiger partial charge in [0, 0.05) is 13.0 Å². The Labute approximate surface area is 106 Å². The fraction of sp³-hybridized carbons (Fsp3) is 0.571. The number of carbonyl (C=O) groups excluding carboxylic acids is 1. The first-order valence-electron chi connectivity index (χ1n) is 6.24. The molecule has 1 rings (SSSR count). The molecule has 0 spiro atoms. The second kappa shape index (κ2) is 7.82. The van der Waals surface area contributed by atoms with Crippen LogP contribution in [0.2, 0.25) is 0 Å². The zero-order valence-corrected chi connectivity index (χ0v) is 11.7. The van der Waals surface area contributed by atoms with Gasteiger partial charge in [-0.15, -0.1) is 0 Å². The lowest BCUT2D eigenvalue weighted by Crippen LogP contribution is -2.30. The van der Waals surface area contributed by atoms with Gasteiger partial charge in [-0.2, -0.15) is 0 Å². The normalized spacial score (nSPS) is 11.5. The van der Waals surface area contributed by atoms with Crippen molar-refractivity contribution in [3.8, 4) is 0 Å². The van der Waals surface area contributed by atoms with E-state index in [1.165, 1.54) is 0 Å². The molecule has 1 amide bonds. The summed E-state index contributed by atoms with van der Waals surface area (Å²) in [5, 5.41) is 2.92. The van der Waals surface area contributed by atoms with Crippen molar-refractivity contribution in [2.24, 2.45) is 5.92 Å². The number of nitrogens with one attached hydrogen (secondary N) is 1. The molecule has 3 heteroatoms. The van der Waals surface area contributed by atoms with E-state index in [9.17, 15) is 4.79 Å². The van der Waals surface area contributed by atoms with Crippen molar-refractivity contribution >= 4 is 5.91 Å². The lowest BCUT2D eigenvalue weighted by Gasteiger charge is -2.15. The Balaban J connectivity index is 0.